The summed E-state index contributed by atoms with van der Waals surface area (Å²) in [5.41, 5.74) is 2.46. The molecule has 120 valence electrons. The van der Waals surface area contributed by atoms with Gasteiger partial charge in [0.15, 0.2) is 0 Å². The van der Waals surface area contributed by atoms with Gasteiger partial charge in [0.25, 0.3) is 5.91 Å². The molecule has 3 nitrogen and oxygen atoms in total. The summed E-state index contributed by atoms with van der Waals surface area (Å²) in [4.78, 5) is 16.4. The lowest BCUT2D eigenvalue weighted by molar-refractivity contribution is -0.118. The molecule has 0 bridgehead atoms. The van der Waals surface area contributed by atoms with E-state index in [1.807, 2.05) is 49.3 Å². The predicted molar refractivity (Wildman–Crippen MR) is 95.2 cm³/mol. The molecule has 1 atom stereocenters. The van der Waals surface area contributed by atoms with Gasteiger partial charge in [-0.3, -0.25) is 4.79 Å². The molecule has 1 amide bonds. The number of rotatable bonds is 2. The summed E-state index contributed by atoms with van der Waals surface area (Å²) >= 11 is 6.16. The van der Waals surface area contributed by atoms with E-state index in [2.05, 4.69) is 16.5 Å². The normalized spacial score (nSPS) is 16.8. The van der Waals surface area contributed by atoms with E-state index < -0.39 is 10.7 Å². The number of carbonyl (C=O) groups is 1. The molecule has 0 aromatic heterocycles. The van der Waals surface area contributed by atoms with Gasteiger partial charge >= 0.3 is 0 Å². The summed E-state index contributed by atoms with van der Waals surface area (Å²) in [6.45, 7) is 0.328. The fraction of sp³-hybridized carbons (Fsp3) is 0.278. The number of hydrogen-bond acceptors (Lipinski definition) is 2. The molecular formula is C18H19ClN2OS. The molecule has 0 fully saturated rings. The van der Waals surface area contributed by atoms with Gasteiger partial charge in [0, 0.05) is 14.8 Å². The Bertz CT molecular complexity index is 786. The van der Waals surface area contributed by atoms with Crippen LogP contribution < -0.4 is 0 Å². The Kier molecular flexibility index (Phi) is 4.95. The number of amides is 1. The van der Waals surface area contributed by atoms with Crippen LogP contribution in [-0.2, 0) is 28.3 Å². The van der Waals surface area contributed by atoms with Gasteiger partial charge in [0.05, 0.1) is 6.54 Å². The third-order valence-corrected chi connectivity index (χ3v) is 5.97. The number of nitrogens with zero attached hydrogens (tertiary/aromatic N) is 2. The van der Waals surface area contributed by atoms with Crippen LogP contribution in [0.15, 0.2) is 56.6 Å². The highest BCUT2D eigenvalue weighted by molar-refractivity contribution is 7.87. The second-order valence-corrected chi connectivity index (χ2v) is 7.94. The first kappa shape index (κ1) is 16.4. The largest absolute Gasteiger partial charge is 0.301 e. The third kappa shape index (κ3) is 3.71. The van der Waals surface area contributed by atoms with E-state index in [0.717, 1.165) is 27.7 Å². The smallest absolute Gasteiger partial charge is 0.266 e. The summed E-state index contributed by atoms with van der Waals surface area (Å²) in [5.74, 6) is -0.0871. The Morgan fingerprint density at radius 2 is 1.83 bits per heavy atom. The molecule has 23 heavy (non-hydrogen) atoms. The fourth-order valence-electron chi connectivity index (χ4n) is 2.72. The van der Waals surface area contributed by atoms with Crippen molar-refractivity contribution in [2.75, 3.05) is 20.6 Å². The quantitative estimate of drug-likeness (QED) is 0.829. The second kappa shape index (κ2) is 6.95. The van der Waals surface area contributed by atoms with Crippen molar-refractivity contribution in [2.45, 2.75) is 22.6 Å². The van der Waals surface area contributed by atoms with Crippen molar-refractivity contribution in [3.8, 4) is 0 Å². The van der Waals surface area contributed by atoms with E-state index in [0.29, 0.717) is 6.54 Å². The van der Waals surface area contributed by atoms with Gasteiger partial charge in [-0.2, -0.15) is 4.36 Å². The zero-order valence-electron chi connectivity index (χ0n) is 13.3. The topological polar surface area (TPSA) is 32.7 Å². The number of likely N-dealkylation sites (N-methyl/N-ethyl adjacent to an activating group) is 1. The Labute approximate surface area is 144 Å². The summed E-state index contributed by atoms with van der Waals surface area (Å²) in [6.07, 6.45) is 1.87. The van der Waals surface area contributed by atoms with Crippen molar-refractivity contribution >= 4 is 28.2 Å². The maximum Gasteiger partial charge on any atom is 0.266 e. The van der Waals surface area contributed by atoms with Crippen molar-refractivity contribution in [2.24, 2.45) is 4.36 Å². The summed E-state index contributed by atoms with van der Waals surface area (Å²) in [7, 11) is 3.18. The molecule has 0 N–H and O–H groups in total. The molecule has 0 radical (unpaired) electrons. The lowest BCUT2D eigenvalue weighted by Crippen LogP contribution is -2.20. The van der Waals surface area contributed by atoms with Gasteiger partial charge in [-0.1, -0.05) is 29.8 Å². The van der Waals surface area contributed by atoms with Crippen molar-refractivity contribution in [1.82, 2.24) is 4.90 Å². The molecule has 1 unspecified atom stereocenters. The molecule has 1 aliphatic heterocycles. The molecule has 1 aliphatic rings. The first-order valence-corrected chi connectivity index (χ1v) is 9.10. The van der Waals surface area contributed by atoms with Gasteiger partial charge < -0.3 is 4.90 Å². The van der Waals surface area contributed by atoms with E-state index in [1.54, 1.807) is 0 Å². The minimum Gasteiger partial charge on any atom is -0.301 e. The average molecular weight is 347 g/mol. The summed E-state index contributed by atoms with van der Waals surface area (Å²) in [5, 5.41) is 0.734. The lowest BCUT2D eigenvalue weighted by atomic mass is 10.0. The number of hydrogen-bond donors (Lipinski definition) is 0. The molecule has 0 saturated heterocycles. The van der Waals surface area contributed by atoms with Gasteiger partial charge in [0.1, 0.15) is 0 Å². The number of fused-ring (bicyclic) bond motifs is 2. The van der Waals surface area contributed by atoms with E-state index in [4.69, 9.17) is 11.6 Å². The van der Waals surface area contributed by atoms with Crippen LogP contribution in [0.2, 0.25) is 5.02 Å². The van der Waals surface area contributed by atoms with Crippen molar-refractivity contribution in [3.05, 3.63) is 58.6 Å². The molecular weight excluding hydrogens is 328 g/mol. The van der Waals surface area contributed by atoms with Gasteiger partial charge in [-0.15, -0.1) is 0 Å². The van der Waals surface area contributed by atoms with Crippen LogP contribution in [0.1, 0.15) is 11.1 Å². The van der Waals surface area contributed by atoms with Crippen LogP contribution in [0.25, 0.3) is 0 Å². The number of benzene rings is 2. The monoisotopic (exact) mass is 346 g/mol. The summed E-state index contributed by atoms with van der Waals surface area (Å²) < 4.78 is 4.55. The first-order chi connectivity index (χ1) is 11.0. The highest BCUT2D eigenvalue weighted by Gasteiger charge is 2.19. The molecule has 0 spiro atoms. The second-order valence-electron chi connectivity index (χ2n) is 5.87. The Balaban J connectivity index is 2.15. The van der Waals surface area contributed by atoms with Crippen LogP contribution in [0.5, 0.6) is 0 Å². The Morgan fingerprint density at radius 1 is 1.13 bits per heavy atom. The predicted octanol–water partition coefficient (Wildman–Crippen LogP) is 3.75. The Morgan fingerprint density at radius 3 is 2.61 bits per heavy atom. The molecule has 5 heteroatoms. The van der Waals surface area contributed by atoms with Crippen molar-refractivity contribution < 1.29 is 4.79 Å². The number of aryl methyl sites for hydroxylation is 2. The minimum atomic E-state index is -0.577. The van der Waals surface area contributed by atoms with E-state index in [1.165, 1.54) is 11.1 Å². The van der Waals surface area contributed by atoms with Crippen molar-refractivity contribution in [3.63, 3.8) is 0 Å². The fourth-order valence-corrected chi connectivity index (χ4v) is 4.84. The highest BCUT2D eigenvalue weighted by Crippen LogP contribution is 2.32. The van der Waals surface area contributed by atoms with Gasteiger partial charge in [0.2, 0.25) is 0 Å². The molecule has 0 aliphatic carbocycles. The molecule has 2 aromatic rings. The Hall–Kier alpha value is -1.49. The molecule has 3 rings (SSSR count). The maximum absolute atomic E-state index is 12.3. The van der Waals surface area contributed by atoms with Crippen molar-refractivity contribution in [1.29, 1.82) is 0 Å². The molecule has 2 aromatic carbocycles. The molecule has 0 saturated carbocycles. The number of carbonyl (C=O) groups excluding carboxylic acids is 1. The van der Waals surface area contributed by atoms with E-state index in [-0.39, 0.29) is 5.91 Å². The minimum absolute atomic E-state index is 0.0871. The third-order valence-electron chi connectivity index (χ3n) is 3.72. The van der Waals surface area contributed by atoms with Gasteiger partial charge in [-0.25, -0.2) is 0 Å². The van der Waals surface area contributed by atoms with Crippen LogP contribution in [0, 0.1) is 0 Å². The van der Waals surface area contributed by atoms with Crippen LogP contribution in [0.4, 0.5) is 0 Å². The summed E-state index contributed by atoms with van der Waals surface area (Å²) in [6, 6.07) is 14.2. The SMILES string of the molecule is CN(C)CC(=O)/N=S1/c2ccccc2CCc2cc(Cl)ccc21. The first-order valence-electron chi connectivity index (χ1n) is 7.54. The van der Waals surface area contributed by atoms with E-state index >= 15 is 0 Å². The van der Waals surface area contributed by atoms with Gasteiger partial charge in [-0.05, 0) is 73.0 Å². The number of halogens is 1. The average Bonchev–Trinajstić information content (AvgIpc) is 2.64. The van der Waals surface area contributed by atoms with Crippen LogP contribution in [-0.4, -0.2) is 31.4 Å². The zero-order chi connectivity index (χ0) is 16.4. The molecule has 1 heterocycles. The highest BCUT2D eigenvalue weighted by atomic mass is 35.5. The lowest BCUT2D eigenvalue weighted by Gasteiger charge is -2.13. The van der Waals surface area contributed by atoms with Crippen LogP contribution in [0.3, 0.4) is 0 Å². The maximum atomic E-state index is 12.3. The standard InChI is InChI=1S/C18H19ClN2OS/c1-21(2)12-18(22)20-23-16-6-4-3-5-13(16)7-8-14-11-15(19)9-10-17(14)23/h3-6,9-11H,7-8,12H2,1-2H3. The van der Waals surface area contributed by atoms with Crippen LogP contribution >= 0.6 is 11.6 Å². The zero-order valence-corrected chi connectivity index (χ0v) is 14.8. The van der Waals surface area contributed by atoms with E-state index in [9.17, 15) is 4.79 Å².